The summed E-state index contributed by atoms with van der Waals surface area (Å²) in [6.07, 6.45) is 0.955. The molecule has 11 heteroatoms. The fourth-order valence-corrected chi connectivity index (χ4v) is 4.50. The number of benzene rings is 2. The Bertz CT molecular complexity index is 1170. The number of carbonyl (C=O) groups excluding carboxylic acids is 2. The van der Waals surface area contributed by atoms with Crippen molar-refractivity contribution in [2.24, 2.45) is 0 Å². The lowest BCUT2D eigenvalue weighted by molar-refractivity contribution is -0.128. The molecule has 0 bridgehead atoms. The standard InChI is InChI=1S/C26H28Cl2FN3O5/c1-14(6-7-30-25(34)13-36-18-3-4-20(28)21(29)11-18)31-26(35)24-12-22(32-16-9-17(33)10-16)19-8-15(27)2-5-23(19)37-24/h2-5,8,11,16-17,22,24,32-33H,1,6-7,9-10,12-13H2,(H,30,34)(H,31,35). The molecule has 2 unspecified atom stereocenters. The van der Waals surface area contributed by atoms with Crippen molar-refractivity contribution < 1.29 is 28.6 Å². The number of aliphatic hydroxyl groups is 1. The molecular formula is C26H28Cl2FN3O5. The Balaban J connectivity index is 1.23. The zero-order valence-corrected chi connectivity index (χ0v) is 21.4. The van der Waals surface area contributed by atoms with Crippen LogP contribution in [0.1, 0.15) is 37.3 Å². The second-order valence-corrected chi connectivity index (χ2v) is 9.97. The first-order valence-corrected chi connectivity index (χ1v) is 12.7. The molecule has 0 spiro atoms. The van der Waals surface area contributed by atoms with E-state index in [1.165, 1.54) is 12.1 Å². The van der Waals surface area contributed by atoms with Crippen LogP contribution in [-0.2, 0) is 9.59 Å². The van der Waals surface area contributed by atoms with Gasteiger partial charge in [0.05, 0.1) is 11.1 Å². The highest BCUT2D eigenvalue weighted by Gasteiger charge is 2.36. The number of fused-ring (bicyclic) bond motifs is 1. The van der Waals surface area contributed by atoms with Crippen LogP contribution >= 0.6 is 23.2 Å². The van der Waals surface area contributed by atoms with E-state index in [0.29, 0.717) is 42.2 Å². The van der Waals surface area contributed by atoms with Gasteiger partial charge in [-0.2, -0.15) is 0 Å². The number of hydrogen-bond donors (Lipinski definition) is 4. The minimum atomic E-state index is -0.754. The van der Waals surface area contributed by atoms with E-state index in [1.54, 1.807) is 12.1 Å². The maximum Gasteiger partial charge on any atom is 0.265 e. The molecule has 4 rings (SSSR count). The predicted molar refractivity (Wildman–Crippen MR) is 137 cm³/mol. The molecule has 4 N–H and O–H groups in total. The summed E-state index contributed by atoms with van der Waals surface area (Å²) in [7, 11) is 0. The van der Waals surface area contributed by atoms with Crippen LogP contribution in [0, 0.1) is 5.82 Å². The van der Waals surface area contributed by atoms with Gasteiger partial charge in [0.2, 0.25) is 0 Å². The average molecular weight is 552 g/mol. The van der Waals surface area contributed by atoms with Crippen molar-refractivity contribution in [2.75, 3.05) is 13.2 Å². The Hall–Kier alpha value is -2.85. The topological polar surface area (TPSA) is 109 Å². The second-order valence-electron chi connectivity index (χ2n) is 9.12. The molecule has 2 atom stereocenters. The van der Waals surface area contributed by atoms with E-state index in [2.05, 4.69) is 22.5 Å². The molecule has 1 saturated carbocycles. The lowest BCUT2D eigenvalue weighted by atomic mass is 9.86. The summed E-state index contributed by atoms with van der Waals surface area (Å²) in [6.45, 7) is 3.79. The first kappa shape index (κ1) is 27.2. The van der Waals surface area contributed by atoms with Gasteiger partial charge in [-0.25, -0.2) is 4.39 Å². The molecule has 1 aliphatic carbocycles. The summed E-state index contributed by atoms with van der Waals surface area (Å²) in [4.78, 5) is 24.9. The van der Waals surface area contributed by atoms with Crippen LogP contribution in [0.3, 0.4) is 0 Å². The zero-order chi connectivity index (χ0) is 26.5. The number of nitrogens with one attached hydrogen (secondary N) is 3. The van der Waals surface area contributed by atoms with Crippen LogP contribution in [0.15, 0.2) is 48.7 Å². The van der Waals surface area contributed by atoms with Crippen molar-refractivity contribution in [2.45, 2.75) is 50.0 Å². The van der Waals surface area contributed by atoms with Gasteiger partial charge in [0.25, 0.3) is 11.8 Å². The first-order valence-electron chi connectivity index (χ1n) is 11.9. The Morgan fingerprint density at radius 3 is 2.68 bits per heavy atom. The summed E-state index contributed by atoms with van der Waals surface area (Å²) < 4.78 is 24.6. The minimum absolute atomic E-state index is 0.0328. The molecule has 2 amide bonds. The molecule has 2 aromatic rings. The number of rotatable bonds is 10. The second kappa shape index (κ2) is 12.1. The molecule has 2 aromatic carbocycles. The SMILES string of the molecule is C=C(CCNC(=O)COc1ccc(Cl)c(F)c1)NC(=O)C1CC(NC2CC(O)C2)c2cc(Cl)ccc2O1. The van der Waals surface area contributed by atoms with Gasteiger partial charge in [-0.05, 0) is 43.2 Å². The monoisotopic (exact) mass is 551 g/mol. The fraction of sp³-hybridized carbons (Fsp3) is 0.385. The summed E-state index contributed by atoms with van der Waals surface area (Å²) >= 11 is 11.8. The number of hydrogen-bond acceptors (Lipinski definition) is 6. The Morgan fingerprint density at radius 1 is 1.16 bits per heavy atom. The molecule has 37 heavy (non-hydrogen) atoms. The highest BCUT2D eigenvalue weighted by atomic mass is 35.5. The molecule has 0 aromatic heterocycles. The number of aliphatic hydroxyl groups excluding tert-OH is 1. The van der Waals surface area contributed by atoms with Gasteiger partial charge < -0.3 is 30.5 Å². The van der Waals surface area contributed by atoms with Gasteiger partial charge in [-0.3, -0.25) is 9.59 Å². The third kappa shape index (κ3) is 7.35. The van der Waals surface area contributed by atoms with Gasteiger partial charge >= 0.3 is 0 Å². The van der Waals surface area contributed by atoms with E-state index in [1.807, 2.05) is 6.07 Å². The van der Waals surface area contributed by atoms with Crippen molar-refractivity contribution in [3.8, 4) is 11.5 Å². The van der Waals surface area contributed by atoms with Crippen molar-refractivity contribution in [3.63, 3.8) is 0 Å². The lowest BCUT2D eigenvalue weighted by Crippen LogP contribution is -2.49. The third-order valence-corrected chi connectivity index (χ3v) is 6.76. The van der Waals surface area contributed by atoms with Crippen LogP contribution in [0.4, 0.5) is 4.39 Å². The maximum atomic E-state index is 13.4. The quantitative estimate of drug-likeness (QED) is 0.359. The predicted octanol–water partition coefficient (Wildman–Crippen LogP) is 3.65. The van der Waals surface area contributed by atoms with Gasteiger partial charge in [0.15, 0.2) is 12.7 Å². The van der Waals surface area contributed by atoms with Crippen LogP contribution in [0.25, 0.3) is 0 Å². The number of carbonyl (C=O) groups is 2. The first-order chi connectivity index (χ1) is 17.7. The van der Waals surface area contributed by atoms with Crippen LogP contribution in [0.5, 0.6) is 11.5 Å². The highest BCUT2D eigenvalue weighted by molar-refractivity contribution is 6.31. The molecule has 1 fully saturated rings. The van der Waals surface area contributed by atoms with E-state index in [9.17, 15) is 19.1 Å². The summed E-state index contributed by atoms with van der Waals surface area (Å²) in [5, 5.41) is 19.1. The van der Waals surface area contributed by atoms with Crippen molar-refractivity contribution >= 4 is 35.0 Å². The van der Waals surface area contributed by atoms with Crippen molar-refractivity contribution in [1.82, 2.24) is 16.0 Å². The minimum Gasteiger partial charge on any atom is -0.484 e. The Kier molecular flexibility index (Phi) is 8.91. The van der Waals surface area contributed by atoms with E-state index < -0.39 is 17.8 Å². The van der Waals surface area contributed by atoms with Crippen LogP contribution in [-0.4, -0.2) is 48.3 Å². The van der Waals surface area contributed by atoms with Gasteiger partial charge in [0.1, 0.15) is 17.3 Å². The molecule has 2 aliphatic rings. The van der Waals surface area contributed by atoms with Crippen molar-refractivity contribution in [1.29, 1.82) is 0 Å². The Labute approximate surface area is 224 Å². The average Bonchev–Trinajstić information content (AvgIpc) is 2.83. The Morgan fingerprint density at radius 2 is 1.95 bits per heavy atom. The third-order valence-electron chi connectivity index (χ3n) is 6.22. The summed E-state index contributed by atoms with van der Waals surface area (Å²) in [5.41, 5.74) is 1.30. The number of halogens is 3. The number of amides is 2. The molecule has 0 radical (unpaired) electrons. The molecule has 198 valence electrons. The van der Waals surface area contributed by atoms with Crippen LogP contribution in [0.2, 0.25) is 10.0 Å². The summed E-state index contributed by atoms with van der Waals surface area (Å²) in [6, 6.07) is 9.19. The van der Waals surface area contributed by atoms with Crippen molar-refractivity contribution in [3.05, 3.63) is 70.1 Å². The van der Waals surface area contributed by atoms with Gasteiger partial charge in [-0.1, -0.05) is 29.8 Å². The van der Waals surface area contributed by atoms with E-state index in [4.69, 9.17) is 32.7 Å². The molecule has 1 heterocycles. The van der Waals surface area contributed by atoms with Gasteiger partial charge in [0, 0.05) is 53.8 Å². The largest absolute Gasteiger partial charge is 0.484 e. The molecule has 0 saturated heterocycles. The zero-order valence-electron chi connectivity index (χ0n) is 19.9. The molecule has 1 aliphatic heterocycles. The fourth-order valence-electron chi connectivity index (χ4n) is 4.20. The smallest absolute Gasteiger partial charge is 0.265 e. The normalized spacial score (nSPS) is 22.2. The molecule has 8 nitrogen and oxygen atoms in total. The molecular weight excluding hydrogens is 524 g/mol. The van der Waals surface area contributed by atoms with Crippen LogP contribution < -0.4 is 25.4 Å². The van der Waals surface area contributed by atoms with Gasteiger partial charge in [-0.15, -0.1) is 0 Å². The number of ether oxygens (including phenoxy) is 2. The van der Waals surface area contributed by atoms with E-state index in [-0.39, 0.29) is 48.0 Å². The highest BCUT2D eigenvalue weighted by Crippen LogP contribution is 2.38. The lowest BCUT2D eigenvalue weighted by Gasteiger charge is -2.39. The van der Waals surface area contributed by atoms with E-state index in [0.717, 1.165) is 11.6 Å². The summed E-state index contributed by atoms with van der Waals surface area (Å²) in [5.74, 6) is -0.622. The van der Waals surface area contributed by atoms with E-state index >= 15 is 0 Å². The maximum absolute atomic E-state index is 13.4.